The Morgan fingerprint density at radius 2 is 1.95 bits per heavy atom. The Balaban J connectivity index is 2.20. The van der Waals surface area contributed by atoms with E-state index in [-0.39, 0.29) is 11.9 Å². The third kappa shape index (κ3) is 2.97. The minimum absolute atomic E-state index is 0.0917. The van der Waals surface area contributed by atoms with E-state index in [1.165, 1.54) is 6.42 Å². The monoisotopic (exact) mass is 282 g/mol. The molecule has 1 amide bonds. The number of fused-ring (bicyclic) bond motifs is 1. The fourth-order valence-electron chi connectivity index (χ4n) is 3.82. The minimum atomic E-state index is -0.883. The summed E-state index contributed by atoms with van der Waals surface area (Å²) in [5.74, 6) is -0.570. The lowest BCUT2D eigenvalue weighted by molar-refractivity contribution is -0.159. The molecular formula is C15H26N2O3. The molecule has 0 aromatic heterocycles. The van der Waals surface area contributed by atoms with E-state index in [4.69, 9.17) is 5.73 Å². The molecule has 1 aliphatic carbocycles. The van der Waals surface area contributed by atoms with E-state index in [1.54, 1.807) is 4.90 Å². The summed E-state index contributed by atoms with van der Waals surface area (Å²) in [6.07, 6.45) is 7.28. The molecule has 0 radical (unpaired) electrons. The largest absolute Gasteiger partial charge is 0.480 e. The first kappa shape index (κ1) is 15.3. The predicted octanol–water partition coefficient (Wildman–Crippen LogP) is 1.75. The Hall–Kier alpha value is -1.10. The van der Waals surface area contributed by atoms with Gasteiger partial charge in [0.05, 0.1) is 6.04 Å². The summed E-state index contributed by atoms with van der Waals surface area (Å²) in [6, 6.07) is -1.14. The van der Waals surface area contributed by atoms with Crippen molar-refractivity contribution in [3.05, 3.63) is 0 Å². The molecule has 3 unspecified atom stereocenters. The topological polar surface area (TPSA) is 83.6 Å². The standard InChI is InChI=1S/C15H26N2O3/c1-2-5-11(16)14(18)17-12-7-4-3-6-10(12)8-9-13(17)15(19)20/h10-13H,2-9,16H2,1H3,(H,19,20)/t10?,11-,12?,13?/m1/s1. The molecule has 1 saturated carbocycles. The number of likely N-dealkylation sites (tertiary alicyclic amines) is 1. The van der Waals surface area contributed by atoms with Crippen LogP contribution in [0.5, 0.6) is 0 Å². The average molecular weight is 282 g/mol. The third-order valence-electron chi connectivity index (χ3n) is 4.83. The quantitative estimate of drug-likeness (QED) is 0.822. The molecule has 2 rings (SSSR count). The highest BCUT2D eigenvalue weighted by Gasteiger charge is 2.44. The maximum Gasteiger partial charge on any atom is 0.326 e. The predicted molar refractivity (Wildman–Crippen MR) is 76.1 cm³/mol. The van der Waals surface area contributed by atoms with E-state index in [0.717, 1.165) is 32.1 Å². The maximum atomic E-state index is 12.6. The van der Waals surface area contributed by atoms with Crippen molar-refractivity contribution in [3.63, 3.8) is 0 Å². The molecule has 114 valence electrons. The number of hydrogen-bond acceptors (Lipinski definition) is 3. The first-order chi connectivity index (χ1) is 9.56. The summed E-state index contributed by atoms with van der Waals surface area (Å²) >= 11 is 0. The van der Waals surface area contributed by atoms with Gasteiger partial charge in [0, 0.05) is 6.04 Å². The van der Waals surface area contributed by atoms with Crippen molar-refractivity contribution in [2.45, 2.75) is 76.4 Å². The molecule has 0 spiro atoms. The second-order valence-corrected chi connectivity index (χ2v) is 6.18. The normalized spacial score (nSPS) is 31.5. The number of carboxylic acid groups (broad SMARTS) is 1. The van der Waals surface area contributed by atoms with E-state index in [2.05, 4.69) is 0 Å². The van der Waals surface area contributed by atoms with E-state index in [9.17, 15) is 14.7 Å². The van der Waals surface area contributed by atoms with Crippen LogP contribution in [-0.2, 0) is 9.59 Å². The first-order valence-electron chi connectivity index (χ1n) is 7.86. The number of carbonyl (C=O) groups is 2. The lowest BCUT2D eigenvalue weighted by Gasteiger charge is -2.47. The molecule has 0 aromatic carbocycles. The van der Waals surface area contributed by atoms with Crippen molar-refractivity contribution < 1.29 is 14.7 Å². The van der Waals surface area contributed by atoms with Crippen molar-refractivity contribution in [1.82, 2.24) is 4.90 Å². The van der Waals surface area contributed by atoms with Crippen molar-refractivity contribution in [2.75, 3.05) is 0 Å². The maximum absolute atomic E-state index is 12.6. The van der Waals surface area contributed by atoms with Gasteiger partial charge in [0.1, 0.15) is 6.04 Å². The third-order valence-corrected chi connectivity index (χ3v) is 4.83. The Kier molecular flexibility index (Phi) is 5.02. The van der Waals surface area contributed by atoms with Gasteiger partial charge in [-0.25, -0.2) is 4.79 Å². The molecule has 2 fully saturated rings. The van der Waals surface area contributed by atoms with Gasteiger partial charge in [-0.1, -0.05) is 26.2 Å². The molecule has 4 atom stereocenters. The zero-order valence-electron chi connectivity index (χ0n) is 12.3. The SMILES string of the molecule is CCC[C@@H](N)C(=O)N1C(C(=O)O)CCC2CCCCC21. The van der Waals surface area contributed by atoms with E-state index in [0.29, 0.717) is 18.8 Å². The molecule has 1 heterocycles. The second kappa shape index (κ2) is 6.57. The van der Waals surface area contributed by atoms with Crippen LogP contribution < -0.4 is 5.73 Å². The van der Waals surface area contributed by atoms with Crippen LogP contribution in [0.1, 0.15) is 58.3 Å². The van der Waals surface area contributed by atoms with Crippen LogP contribution in [-0.4, -0.2) is 40.0 Å². The molecule has 0 aromatic rings. The Morgan fingerprint density at radius 1 is 1.25 bits per heavy atom. The van der Waals surface area contributed by atoms with Crippen molar-refractivity contribution in [2.24, 2.45) is 11.7 Å². The van der Waals surface area contributed by atoms with E-state index < -0.39 is 18.1 Å². The summed E-state index contributed by atoms with van der Waals surface area (Å²) in [4.78, 5) is 25.7. The molecule has 20 heavy (non-hydrogen) atoms. The van der Waals surface area contributed by atoms with E-state index in [1.807, 2.05) is 6.92 Å². The molecule has 2 aliphatic rings. The number of carboxylic acids is 1. The van der Waals surface area contributed by atoms with Gasteiger partial charge in [0.2, 0.25) is 5.91 Å². The van der Waals surface area contributed by atoms with Gasteiger partial charge in [0.15, 0.2) is 0 Å². The van der Waals surface area contributed by atoms with Crippen LogP contribution in [0.3, 0.4) is 0 Å². The van der Waals surface area contributed by atoms with Gasteiger partial charge in [-0.2, -0.15) is 0 Å². The van der Waals surface area contributed by atoms with Crippen molar-refractivity contribution in [3.8, 4) is 0 Å². The summed E-state index contributed by atoms with van der Waals surface area (Å²) < 4.78 is 0. The Morgan fingerprint density at radius 3 is 2.60 bits per heavy atom. The molecular weight excluding hydrogens is 256 g/mol. The van der Waals surface area contributed by atoms with Gasteiger partial charge in [-0.05, 0) is 38.0 Å². The number of hydrogen-bond donors (Lipinski definition) is 2. The van der Waals surface area contributed by atoms with Crippen LogP contribution in [0.2, 0.25) is 0 Å². The number of amides is 1. The lowest BCUT2D eigenvalue weighted by atomic mass is 9.76. The van der Waals surface area contributed by atoms with Crippen LogP contribution >= 0.6 is 0 Å². The summed E-state index contributed by atoms with van der Waals surface area (Å²) in [6.45, 7) is 1.99. The summed E-state index contributed by atoms with van der Waals surface area (Å²) in [5.41, 5.74) is 5.96. The number of rotatable bonds is 4. The smallest absolute Gasteiger partial charge is 0.326 e. The number of nitrogens with two attached hydrogens (primary N) is 1. The highest BCUT2D eigenvalue weighted by molar-refractivity contribution is 5.87. The van der Waals surface area contributed by atoms with Crippen LogP contribution in [0.25, 0.3) is 0 Å². The molecule has 5 nitrogen and oxygen atoms in total. The van der Waals surface area contributed by atoms with Crippen LogP contribution in [0.15, 0.2) is 0 Å². The second-order valence-electron chi connectivity index (χ2n) is 6.18. The van der Waals surface area contributed by atoms with Crippen LogP contribution in [0.4, 0.5) is 0 Å². The Labute approximate surface area is 120 Å². The molecule has 1 aliphatic heterocycles. The zero-order chi connectivity index (χ0) is 14.7. The number of nitrogens with zero attached hydrogens (tertiary/aromatic N) is 1. The fourth-order valence-corrected chi connectivity index (χ4v) is 3.82. The number of aliphatic carboxylic acids is 1. The summed E-state index contributed by atoms with van der Waals surface area (Å²) in [7, 11) is 0. The molecule has 1 saturated heterocycles. The van der Waals surface area contributed by atoms with Gasteiger partial charge >= 0.3 is 5.97 Å². The highest BCUT2D eigenvalue weighted by atomic mass is 16.4. The molecule has 5 heteroatoms. The van der Waals surface area contributed by atoms with Crippen molar-refractivity contribution in [1.29, 1.82) is 0 Å². The lowest BCUT2D eigenvalue weighted by Crippen LogP contribution is -2.60. The van der Waals surface area contributed by atoms with Crippen LogP contribution in [0, 0.1) is 5.92 Å². The first-order valence-corrected chi connectivity index (χ1v) is 7.86. The van der Waals surface area contributed by atoms with Crippen molar-refractivity contribution >= 4 is 11.9 Å². The van der Waals surface area contributed by atoms with Gasteiger partial charge in [0.25, 0.3) is 0 Å². The highest BCUT2D eigenvalue weighted by Crippen LogP contribution is 2.38. The van der Waals surface area contributed by atoms with Gasteiger partial charge in [-0.3, -0.25) is 4.79 Å². The Bertz CT molecular complexity index is 372. The van der Waals surface area contributed by atoms with Gasteiger partial charge < -0.3 is 15.7 Å². The molecule has 3 N–H and O–H groups in total. The number of piperidine rings is 1. The minimum Gasteiger partial charge on any atom is -0.480 e. The number of carbonyl (C=O) groups excluding carboxylic acids is 1. The average Bonchev–Trinajstić information content (AvgIpc) is 2.45. The zero-order valence-corrected chi connectivity index (χ0v) is 12.3. The van der Waals surface area contributed by atoms with E-state index >= 15 is 0 Å². The summed E-state index contributed by atoms with van der Waals surface area (Å²) in [5, 5.41) is 9.42. The van der Waals surface area contributed by atoms with Gasteiger partial charge in [-0.15, -0.1) is 0 Å². The fraction of sp³-hybridized carbons (Fsp3) is 0.867. The molecule has 0 bridgehead atoms.